The monoisotopic (exact) mass is 301 g/mol. The van der Waals surface area contributed by atoms with E-state index < -0.39 is 28.0 Å². The maximum atomic E-state index is 12.7. The van der Waals surface area contributed by atoms with Crippen LogP contribution in [0.4, 0.5) is 9.57 Å². The first-order chi connectivity index (χ1) is 9.28. The molecule has 1 aliphatic heterocycles. The Bertz CT molecular complexity index is 615. The maximum Gasteiger partial charge on any atom is 0.302 e. The fraction of sp³-hybridized carbons (Fsp3) is 0.462. The number of benzene rings is 1. The summed E-state index contributed by atoms with van der Waals surface area (Å²) < 4.78 is 34.1. The van der Waals surface area contributed by atoms with Gasteiger partial charge < -0.3 is 10.0 Å². The topological polar surface area (TPSA) is 74.7 Å². The van der Waals surface area contributed by atoms with Crippen LogP contribution < -0.4 is 4.90 Å². The molecule has 0 aliphatic carbocycles. The molecule has 2 unspecified atom stereocenters. The van der Waals surface area contributed by atoms with Crippen molar-refractivity contribution in [3.8, 4) is 0 Å². The predicted molar refractivity (Wildman–Crippen MR) is 72.4 cm³/mol. The van der Waals surface area contributed by atoms with Gasteiger partial charge >= 0.3 is 10.2 Å². The Morgan fingerprint density at radius 2 is 2.10 bits per heavy atom. The lowest BCUT2D eigenvalue weighted by Crippen LogP contribution is -2.26. The smallest absolute Gasteiger partial charge is 0.302 e. The molecule has 2 rings (SSSR count). The summed E-state index contributed by atoms with van der Waals surface area (Å²) in [5.41, 5.74) is 1.14. The van der Waals surface area contributed by atoms with Gasteiger partial charge in [0, 0.05) is 30.1 Å². The highest BCUT2D eigenvalue weighted by molar-refractivity contribution is 7.86. The van der Waals surface area contributed by atoms with Crippen molar-refractivity contribution in [2.75, 3.05) is 17.2 Å². The lowest BCUT2D eigenvalue weighted by Gasteiger charge is -2.21. The number of anilines is 1. The van der Waals surface area contributed by atoms with Crippen LogP contribution in [0.1, 0.15) is 25.0 Å². The van der Waals surface area contributed by atoms with E-state index in [9.17, 15) is 22.2 Å². The van der Waals surface area contributed by atoms with Crippen LogP contribution in [-0.4, -0.2) is 31.7 Å². The highest BCUT2D eigenvalue weighted by Gasteiger charge is 2.34. The molecule has 2 atom stereocenters. The van der Waals surface area contributed by atoms with Gasteiger partial charge in [-0.05, 0) is 13.0 Å². The van der Waals surface area contributed by atoms with Crippen molar-refractivity contribution in [2.45, 2.75) is 19.4 Å². The second-order valence-electron chi connectivity index (χ2n) is 5.01. The molecule has 0 aromatic heterocycles. The molecule has 1 N–H and O–H groups in total. The number of carbonyl (C=O) groups is 1. The van der Waals surface area contributed by atoms with E-state index in [1.165, 1.54) is 4.90 Å². The van der Waals surface area contributed by atoms with Crippen molar-refractivity contribution >= 4 is 21.8 Å². The zero-order valence-electron chi connectivity index (χ0n) is 11.0. The first kappa shape index (κ1) is 14.9. The van der Waals surface area contributed by atoms with Gasteiger partial charge in [0.05, 0.1) is 11.9 Å². The minimum atomic E-state index is -4.59. The Hall–Kier alpha value is -1.47. The van der Waals surface area contributed by atoms with E-state index in [-0.39, 0.29) is 18.9 Å². The molecule has 0 radical (unpaired) electrons. The fourth-order valence-corrected chi connectivity index (χ4v) is 3.28. The van der Waals surface area contributed by atoms with E-state index in [0.29, 0.717) is 11.3 Å². The molecule has 1 aromatic rings. The number of halogens is 1. The number of aliphatic hydroxyl groups is 1. The van der Waals surface area contributed by atoms with Crippen LogP contribution >= 0.6 is 0 Å². The minimum Gasteiger partial charge on any atom is -0.389 e. The van der Waals surface area contributed by atoms with Gasteiger partial charge in [0.15, 0.2) is 0 Å². The first-order valence-electron chi connectivity index (χ1n) is 6.27. The molecule has 1 fully saturated rings. The van der Waals surface area contributed by atoms with Gasteiger partial charge in [0.2, 0.25) is 5.91 Å². The van der Waals surface area contributed by atoms with Crippen LogP contribution in [0.2, 0.25) is 0 Å². The van der Waals surface area contributed by atoms with Gasteiger partial charge in [-0.2, -0.15) is 8.42 Å². The SMILES string of the molecule is CC(O)c1ccccc1N1CC(CS(=O)(=O)F)CC1=O. The van der Waals surface area contributed by atoms with E-state index in [1.807, 2.05) is 0 Å². The highest BCUT2D eigenvalue weighted by atomic mass is 32.3. The molecule has 5 nitrogen and oxygen atoms in total. The number of hydrogen-bond acceptors (Lipinski definition) is 4. The minimum absolute atomic E-state index is 0.00268. The van der Waals surface area contributed by atoms with Gasteiger partial charge in [-0.15, -0.1) is 3.89 Å². The molecule has 1 heterocycles. The van der Waals surface area contributed by atoms with Crippen LogP contribution in [-0.2, 0) is 15.0 Å². The van der Waals surface area contributed by atoms with Gasteiger partial charge in [-0.1, -0.05) is 18.2 Å². The van der Waals surface area contributed by atoms with E-state index in [4.69, 9.17) is 0 Å². The lowest BCUT2D eigenvalue weighted by molar-refractivity contribution is -0.117. The Morgan fingerprint density at radius 1 is 1.45 bits per heavy atom. The standard InChI is InChI=1S/C13H16FNO4S/c1-9(16)11-4-2-3-5-12(11)15-7-10(6-13(15)17)8-20(14,18)19/h2-5,9-10,16H,6-8H2,1H3. The number of rotatable bonds is 4. The lowest BCUT2D eigenvalue weighted by atomic mass is 10.1. The molecule has 0 bridgehead atoms. The molecule has 1 aliphatic rings. The van der Waals surface area contributed by atoms with Crippen LogP contribution in [0.5, 0.6) is 0 Å². The summed E-state index contributed by atoms with van der Waals surface area (Å²) in [7, 11) is -4.59. The number of para-hydroxylation sites is 1. The summed E-state index contributed by atoms with van der Waals surface area (Å²) in [6.45, 7) is 1.73. The van der Waals surface area contributed by atoms with Crippen molar-refractivity contribution in [1.82, 2.24) is 0 Å². The van der Waals surface area contributed by atoms with Gasteiger partial charge in [-0.3, -0.25) is 4.79 Å². The summed E-state index contributed by atoms with van der Waals surface area (Å²) in [6, 6.07) is 6.86. The molecule has 0 spiro atoms. The first-order valence-corrected chi connectivity index (χ1v) is 7.83. The third-order valence-electron chi connectivity index (χ3n) is 3.32. The Labute approximate surface area is 117 Å². The Balaban J connectivity index is 2.24. The predicted octanol–water partition coefficient (Wildman–Crippen LogP) is 1.39. The maximum absolute atomic E-state index is 12.7. The van der Waals surface area contributed by atoms with Crippen LogP contribution in [0.15, 0.2) is 24.3 Å². The summed E-state index contributed by atoms with van der Waals surface area (Å²) in [5.74, 6) is -1.46. The number of nitrogens with zero attached hydrogens (tertiary/aromatic N) is 1. The van der Waals surface area contributed by atoms with Crippen LogP contribution in [0, 0.1) is 5.92 Å². The average Bonchev–Trinajstić information content (AvgIpc) is 2.67. The van der Waals surface area contributed by atoms with E-state index in [1.54, 1.807) is 31.2 Å². The second kappa shape index (κ2) is 5.49. The third-order valence-corrected chi connectivity index (χ3v) is 4.19. The number of aliphatic hydroxyl groups excluding tert-OH is 1. The molecule has 7 heteroatoms. The zero-order valence-corrected chi connectivity index (χ0v) is 11.8. The molecule has 1 aromatic carbocycles. The molecule has 20 heavy (non-hydrogen) atoms. The second-order valence-corrected chi connectivity index (χ2v) is 6.43. The van der Waals surface area contributed by atoms with Crippen molar-refractivity contribution in [3.63, 3.8) is 0 Å². The van der Waals surface area contributed by atoms with Crippen molar-refractivity contribution in [2.24, 2.45) is 5.92 Å². The zero-order chi connectivity index (χ0) is 14.9. The molecular weight excluding hydrogens is 285 g/mol. The summed E-state index contributed by atoms with van der Waals surface area (Å²) in [5, 5.41) is 9.71. The van der Waals surface area contributed by atoms with Crippen molar-refractivity contribution in [1.29, 1.82) is 0 Å². The number of amides is 1. The van der Waals surface area contributed by atoms with Crippen molar-refractivity contribution in [3.05, 3.63) is 29.8 Å². The van der Waals surface area contributed by atoms with E-state index in [2.05, 4.69) is 0 Å². The molecule has 1 saturated heterocycles. The molecule has 0 saturated carbocycles. The highest BCUT2D eigenvalue weighted by Crippen LogP contribution is 2.31. The summed E-state index contributed by atoms with van der Waals surface area (Å²) in [4.78, 5) is 13.4. The molecule has 110 valence electrons. The largest absolute Gasteiger partial charge is 0.389 e. The number of carbonyl (C=O) groups excluding carboxylic acids is 1. The van der Waals surface area contributed by atoms with Gasteiger partial charge in [0.25, 0.3) is 0 Å². The fourth-order valence-electron chi connectivity index (χ4n) is 2.49. The number of hydrogen-bond donors (Lipinski definition) is 1. The Kier molecular flexibility index (Phi) is 4.10. The molecular formula is C13H16FNO4S. The van der Waals surface area contributed by atoms with E-state index in [0.717, 1.165) is 0 Å². The van der Waals surface area contributed by atoms with Gasteiger partial charge in [-0.25, -0.2) is 0 Å². The summed E-state index contributed by atoms with van der Waals surface area (Å²) in [6.07, 6.45) is -0.750. The average molecular weight is 301 g/mol. The van der Waals surface area contributed by atoms with Crippen LogP contribution in [0.25, 0.3) is 0 Å². The molecule has 1 amide bonds. The quantitative estimate of drug-likeness (QED) is 0.853. The van der Waals surface area contributed by atoms with E-state index >= 15 is 0 Å². The Morgan fingerprint density at radius 3 is 2.70 bits per heavy atom. The normalized spacial score (nSPS) is 21.2. The third kappa shape index (κ3) is 3.34. The van der Waals surface area contributed by atoms with Crippen LogP contribution in [0.3, 0.4) is 0 Å². The van der Waals surface area contributed by atoms with Crippen molar-refractivity contribution < 1.29 is 22.2 Å². The van der Waals surface area contributed by atoms with Gasteiger partial charge in [0.1, 0.15) is 0 Å². The summed E-state index contributed by atoms with van der Waals surface area (Å²) >= 11 is 0.